The fourth-order valence-electron chi connectivity index (χ4n) is 4.26. The van der Waals surface area contributed by atoms with Crippen LogP contribution >= 0.6 is 0 Å². The second kappa shape index (κ2) is 10.8. The first-order chi connectivity index (χ1) is 15.4. The number of aromatic hydroxyl groups is 1. The number of aryl methyl sites for hydroxylation is 1. The van der Waals surface area contributed by atoms with Crippen molar-refractivity contribution in [1.82, 2.24) is 10.2 Å². The van der Waals surface area contributed by atoms with E-state index in [1.807, 2.05) is 18.2 Å². The Morgan fingerprint density at radius 2 is 1.88 bits per heavy atom. The molecule has 1 aliphatic rings. The molecule has 2 aromatic rings. The Morgan fingerprint density at radius 3 is 2.50 bits per heavy atom. The van der Waals surface area contributed by atoms with Crippen LogP contribution in [-0.4, -0.2) is 56.1 Å². The summed E-state index contributed by atoms with van der Waals surface area (Å²) in [6.07, 6.45) is 0.691. The van der Waals surface area contributed by atoms with Gasteiger partial charge in [0.25, 0.3) is 0 Å². The molecule has 1 aromatic carbocycles. The molecule has 0 spiro atoms. The molecule has 0 radical (unpaired) electrons. The number of benzene rings is 1. The maximum absolute atomic E-state index is 12.8. The molecule has 1 aliphatic heterocycles. The zero-order valence-corrected chi connectivity index (χ0v) is 18.9. The number of hydrogen-bond donors (Lipinski definition) is 2. The standard InChI is InChI=1S/C24H32N2O6/c1-17-13-19(27)22(29)23(32-17)24(14-20(28)25-15-21(30-2)31-3)9-11-26(12-10-24)16-18-7-5-4-6-8-18/h4-8,13,21,29H,9-12,14-16H2,1-3H3,(H,25,28). The van der Waals surface area contributed by atoms with Gasteiger partial charge in [-0.05, 0) is 38.4 Å². The lowest BCUT2D eigenvalue weighted by Crippen LogP contribution is -2.46. The van der Waals surface area contributed by atoms with Gasteiger partial charge in [-0.3, -0.25) is 14.5 Å². The Balaban J connectivity index is 1.80. The smallest absolute Gasteiger partial charge is 0.227 e. The van der Waals surface area contributed by atoms with E-state index in [9.17, 15) is 14.7 Å². The van der Waals surface area contributed by atoms with Crippen molar-refractivity contribution < 1.29 is 23.8 Å². The second-order valence-electron chi connectivity index (χ2n) is 8.32. The summed E-state index contributed by atoms with van der Waals surface area (Å²) in [6.45, 7) is 4.09. The predicted molar refractivity (Wildman–Crippen MR) is 119 cm³/mol. The van der Waals surface area contributed by atoms with Gasteiger partial charge < -0.3 is 24.3 Å². The molecule has 1 fully saturated rings. The number of amides is 1. The van der Waals surface area contributed by atoms with Crippen LogP contribution in [0.2, 0.25) is 0 Å². The van der Waals surface area contributed by atoms with Gasteiger partial charge in [0.15, 0.2) is 12.1 Å². The van der Waals surface area contributed by atoms with Crippen molar-refractivity contribution in [2.24, 2.45) is 0 Å². The van der Waals surface area contributed by atoms with Crippen molar-refractivity contribution in [3.8, 4) is 5.75 Å². The van der Waals surface area contributed by atoms with Crippen LogP contribution in [0.4, 0.5) is 0 Å². The highest BCUT2D eigenvalue weighted by Crippen LogP contribution is 2.42. The largest absolute Gasteiger partial charge is 0.502 e. The van der Waals surface area contributed by atoms with Gasteiger partial charge in [0.2, 0.25) is 17.1 Å². The molecule has 3 rings (SSSR count). The van der Waals surface area contributed by atoms with Crippen molar-refractivity contribution in [2.75, 3.05) is 33.9 Å². The maximum Gasteiger partial charge on any atom is 0.227 e. The average Bonchev–Trinajstić information content (AvgIpc) is 2.79. The molecule has 1 amide bonds. The van der Waals surface area contributed by atoms with Crippen molar-refractivity contribution in [3.05, 3.63) is 63.7 Å². The van der Waals surface area contributed by atoms with Gasteiger partial charge in [-0.1, -0.05) is 30.3 Å². The SMILES string of the molecule is COC(CNC(=O)CC1(c2oc(C)cc(=O)c2O)CCN(Cc2ccccc2)CC1)OC. The van der Waals surface area contributed by atoms with Crippen LogP contribution in [0.5, 0.6) is 5.75 Å². The first kappa shape index (κ1) is 24.0. The molecule has 174 valence electrons. The number of rotatable bonds is 9. The Labute approximate surface area is 188 Å². The third-order valence-electron chi connectivity index (χ3n) is 6.08. The summed E-state index contributed by atoms with van der Waals surface area (Å²) in [7, 11) is 3.01. The van der Waals surface area contributed by atoms with E-state index < -0.39 is 22.9 Å². The zero-order chi connectivity index (χ0) is 23.1. The van der Waals surface area contributed by atoms with E-state index in [1.54, 1.807) is 6.92 Å². The van der Waals surface area contributed by atoms with E-state index in [2.05, 4.69) is 22.3 Å². The van der Waals surface area contributed by atoms with Gasteiger partial charge >= 0.3 is 0 Å². The molecule has 2 N–H and O–H groups in total. The Kier molecular flexibility index (Phi) is 8.06. The number of carbonyl (C=O) groups excluding carboxylic acids is 1. The Hall–Kier alpha value is -2.68. The maximum atomic E-state index is 12.8. The third-order valence-corrected chi connectivity index (χ3v) is 6.08. The Bertz CT molecular complexity index is 947. The minimum absolute atomic E-state index is 0.0896. The van der Waals surface area contributed by atoms with E-state index in [0.29, 0.717) is 31.7 Å². The van der Waals surface area contributed by atoms with Gasteiger partial charge in [0.1, 0.15) is 5.76 Å². The molecule has 0 saturated carbocycles. The van der Waals surface area contributed by atoms with E-state index in [-0.39, 0.29) is 24.6 Å². The van der Waals surface area contributed by atoms with E-state index >= 15 is 0 Å². The fraction of sp³-hybridized carbons (Fsp3) is 0.500. The summed E-state index contributed by atoms with van der Waals surface area (Å²) in [5, 5.41) is 13.4. The molecule has 1 aromatic heterocycles. The molecule has 8 nitrogen and oxygen atoms in total. The highest BCUT2D eigenvalue weighted by Gasteiger charge is 2.43. The average molecular weight is 445 g/mol. The summed E-state index contributed by atoms with van der Waals surface area (Å²) in [4.78, 5) is 27.4. The molecule has 0 unspecified atom stereocenters. The number of methoxy groups -OCH3 is 2. The molecule has 0 aliphatic carbocycles. The van der Waals surface area contributed by atoms with Gasteiger partial charge in [-0.25, -0.2) is 0 Å². The summed E-state index contributed by atoms with van der Waals surface area (Å²) < 4.78 is 16.1. The molecule has 1 saturated heterocycles. The van der Waals surface area contributed by atoms with Gasteiger partial charge in [0.05, 0.1) is 6.54 Å². The number of carbonyl (C=O) groups is 1. The first-order valence-electron chi connectivity index (χ1n) is 10.8. The topological polar surface area (TPSA) is 101 Å². The lowest BCUT2D eigenvalue weighted by Gasteiger charge is -2.41. The van der Waals surface area contributed by atoms with Gasteiger partial charge in [0, 0.05) is 38.7 Å². The molecular weight excluding hydrogens is 412 g/mol. The van der Waals surface area contributed by atoms with Crippen molar-refractivity contribution in [3.63, 3.8) is 0 Å². The number of ether oxygens (including phenoxy) is 2. The number of nitrogens with zero attached hydrogens (tertiary/aromatic N) is 1. The van der Waals surface area contributed by atoms with Gasteiger partial charge in [-0.15, -0.1) is 0 Å². The summed E-state index contributed by atoms with van der Waals surface area (Å²) in [5.41, 5.74) is -0.0516. The minimum atomic E-state index is -0.776. The van der Waals surface area contributed by atoms with Crippen molar-refractivity contribution >= 4 is 5.91 Å². The number of hydrogen-bond acceptors (Lipinski definition) is 7. The van der Waals surface area contributed by atoms with Crippen LogP contribution in [0, 0.1) is 6.92 Å². The Morgan fingerprint density at radius 1 is 1.22 bits per heavy atom. The normalized spacial score (nSPS) is 16.2. The molecular formula is C24H32N2O6. The molecule has 2 heterocycles. The number of piperidine rings is 1. The van der Waals surface area contributed by atoms with E-state index in [0.717, 1.165) is 6.54 Å². The zero-order valence-electron chi connectivity index (χ0n) is 18.9. The van der Waals surface area contributed by atoms with Crippen LogP contribution in [0.3, 0.4) is 0 Å². The van der Waals surface area contributed by atoms with Crippen molar-refractivity contribution in [2.45, 2.75) is 44.4 Å². The van der Waals surface area contributed by atoms with E-state index in [1.165, 1.54) is 25.8 Å². The molecule has 8 heteroatoms. The predicted octanol–water partition coefficient (Wildman–Crippen LogP) is 2.31. The van der Waals surface area contributed by atoms with Crippen molar-refractivity contribution in [1.29, 1.82) is 0 Å². The first-order valence-corrected chi connectivity index (χ1v) is 10.8. The third kappa shape index (κ3) is 5.76. The minimum Gasteiger partial charge on any atom is -0.502 e. The molecule has 32 heavy (non-hydrogen) atoms. The van der Waals surface area contributed by atoms with Crippen LogP contribution in [0.25, 0.3) is 0 Å². The molecule has 0 bridgehead atoms. The second-order valence-corrected chi connectivity index (χ2v) is 8.32. The van der Waals surface area contributed by atoms with Crippen LogP contribution in [0.15, 0.2) is 45.6 Å². The van der Waals surface area contributed by atoms with Gasteiger partial charge in [-0.2, -0.15) is 0 Å². The highest BCUT2D eigenvalue weighted by molar-refractivity contribution is 5.77. The lowest BCUT2D eigenvalue weighted by molar-refractivity contribution is -0.129. The number of nitrogens with one attached hydrogen (secondary N) is 1. The summed E-state index contributed by atoms with van der Waals surface area (Å²) >= 11 is 0. The lowest BCUT2D eigenvalue weighted by atomic mass is 9.72. The summed E-state index contributed by atoms with van der Waals surface area (Å²) in [6, 6.07) is 11.5. The highest BCUT2D eigenvalue weighted by atomic mass is 16.7. The van der Waals surface area contributed by atoms with E-state index in [4.69, 9.17) is 13.9 Å². The number of likely N-dealkylation sites (tertiary alicyclic amines) is 1. The monoisotopic (exact) mass is 444 g/mol. The summed E-state index contributed by atoms with van der Waals surface area (Å²) in [5.74, 6) is -0.0177. The quantitative estimate of drug-likeness (QED) is 0.573. The fourth-order valence-corrected chi connectivity index (χ4v) is 4.26. The van der Waals surface area contributed by atoms with Crippen LogP contribution < -0.4 is 10.7 Å². The van der Waals surface area contributed by atoms with Crippen LogP contribution in [-0.2, 0) is 26.2 Å². The van der Waals surface area contributed by atoms with Crippen LogP contribution in [0.1, 0.15) is 36.3 Å². The molecule has 0 atom stereocenters.